The molecule has 5 rings (SSSR count). The molecule has 1 heterocycles. The lowest BCUT2D eigenvalue weighted by Gasteiger charge is -2.53. The van der Waals surface area contributed by atoms with Crippen molar-refractivity contribution in [1.82, 2.24) is 15.5 Å². The summed E-state index contributed by atoms with van der Waals surface area (Å²) in [6.07, 6.45) is 7.20. The van der Waals surface area contributed by atoms with Crippen molar-refractivity contribution in [3.63, 3.8) is 0 Å². The molecule has 1 aromatic heterocycles. The molecule has 4 bridgehead atoms. The second-order valence-electron chi connectivity index (χ2n) is 7.23. The molecule has 114 valence electrons. The van der Waals surface area contributed by atoms with Gasteiger partial charge in [0.15, 0.2) is 5.82 Å². The van der Waals surface area contributed by atoms with Crippen molar-refractivity contribution in [3.05, 3.63) is 11.7 Å². The summed E-state index contributed by atoms with van der Waals surface area (Å²) in [5, 5.41) is 6.87. The highest BCUT2D eigenvalue weighted by Gasteiger charge is 2.50. The number of hydrogen-bond donors (Lipinski definition) is 1. The molecule has 4 aliphatic rings. The molecule has 0 spiro atoms. The van der Waals surface area contributed by atoms with Crippen LogP contribution in [0.4, 0.5) is 0 Å². The number of rotatable bonds is 4. The van der Waals surface area contributed by atoms with E-state index < -0.39 is 0 Å². The number of nitrogens with zero attached hydrogens (tertiary/aromatic N) is 2. The van der Waals surface area contributed by atoms with Gasteiger partial charge in [0.05, 0.1) is 0 Å². The molecule has 4 saturated carbocycles. The van der Waals surface area contributed by atoms with Crippen LogP contribution in [0.2, 0.25) is 0 Å². The third kappa shape index (κ3) is 2.47. The van der Waals surface area contributed by atoms with E-state index in [4.69, 9.17) is 4.52 Å². The van der Waals surface area contributed by atoms with Gasteiger partial charge in [0.25, 0.3) is 0 Å². The van der Waals surface area contributed by atoms with Crippen LogP contribution in [0.1, 0.15) is 43.8 Å². The van der Waals surface area contributed by atoms with Crippen molar-refractivity contribution in [2.45, 2.75) is 45.4 Å². The lowest BCUT2D eigenvalue weighted by Crippen LogP contribution is -2.51. The number of carbonyl (C=O) groups excluding carboxylic acids is 1. The fraction of sp³-hybridized carbons (Fsp3) is 0.812. The fourth-order valence-corrected chi connectivity index (χ4v) is 5.21. The van der Waals surface area contributed by atoms with Gasteiger partial charge >= 0.3 is 0 Å². The van der Waals surface area contributed by atoms with Crippen molar-refractivity contribution >= 4 is 5.91 Å². The van der Waals surface area contributed by atoms with Gasteiger partial charge in [-0.15, -0.1) is 0 Å². The molecule has 4 fully saturated rings. The summed E-state index contributed by atoms with van der Waals surface area (Å²) in [4.78, 5) is 16.7. The molecule has 0 atom stereocenters. The van der Waals surface area contributed by atoms with Gasteiger partial charge < -0.3 is 9.84 Å². The van der Waals surface area contributed by atoms with Crippen molar-refractivity contribution in [1.29, 1.82) is 0 Å². The molecule has 5 nitrogen and oxygen atoms in total. The summed E-state index contributed by atoms with van der Waals surface area (Å²) < 4.78 is 5.07. The SMILES string of the molecule is Cc1noc(CCNC(=O)C2C3CC4CC(C3)CC2C4)n1. The molecule has 0 saturated heterocycles. The Labute approximate surface area is 124 Å². The molecular formula is C16H23N3O2. The first-order valence-corrected chi connectivity index (χ1v) is 8.26. The minimum absolute atomic E-state index is 0.264. The van der Waals surface area contributed by atoms with Crippen molar-refractivity contribution in [2.75, 3.05) is 6.54 Å². The van der Waals surface area contributed by atoms with Gasteiger partial charge in [0.1, 0.15) is 0 Å². The first-order valence-electron chi connectivity index (χ1n) is 8.26. The maximum atomic E-state index is 12.6. The number of nitrogens with one attached hydrogen (secondary N) is 1. The molecule has 0 aliphatic heterocycles. The van der Waals surface area contributed by atoms with Crippen LogP contribution in [-0.4, -0.2) is 22.6 Å². The number of aryl methyl sites for hydroxylation is 1. The zero-order chi connectivity index (χ0) is 14.4. The summed E-state index contributed by atoms with van der Waals surface area (Å²) in [6.45, 7) is 2.41. The van der Waals surface area contributed by atoms with Gasteiger partial charge in [0.2, 0.25) is 11.8 Å². The molecule has 1 aromatic rings. The van der Waals surface area contributed by atoms with Crippen LogP contribution in [0.5, 0.6) is 0 Å². The average molecular weight is 289 g/mol. The summed E-state index contributed by atoms with van der Waals surface area (Å²) in [7, 11) is 0. The van der Waals surface area contributed by atoms with E-state index in [-0.39, 0.29) is 11.8 Å². The monoisotopic (exact) mass is 289 g/mol. The molecular weight excluding hydrogens is 266 g/mol. The second-order valence-corrected chi connectivity index (χ2v) is 7.23. The first kappa shape index (κ1) is 13.3. The molecule has 0 radical (unpaired) electrons. The van der Waals surface area contributed by atoms with Gasteiger partial charge in [-0.2, -0.15) is 4.98 Å². The summed E-state index contributed by atoms with van der Waals surface area (Å²) >= 11 is 0. The van der Waals surface area contributed by atoms with E-state index in [1.165, 1.54) is 32.1 Å². The molecule has 5 heteroatoms. The van der Waals surface area contributed by atoms with E-state index in [9.17, 15) is 4.79 Å². The van der Waals surface area contributed by atoms with Gasteiger partial charge in [0, 0.05) is 18.9 Å². The smallest absolute Gasteiger partial charge is 0.228 e. The second kappa shape index (κ2) is 5.11. The largest absolute Gasteiger partial charge is 0.355 e. The van der Waals surface area contributed by atoms with Gasteiger partial charge in [-0.3, -0.25) is 4.79 Å². The van der Waals surface area contributed by atoms with Crippen LogP contribution < -0.4 is 5.32 Å². The molecule has 0 aromatic carbocycles. The quantitative estimate of drug-likeness (QED) is 0.921. The Morgan fingerprint density at radius 2 is 1.86 bits per heavy atom. The lowest BCUT2D eigenvalue weighted by molar-refractivity contribution is -0.138. The molecule has 1 amide bonds. The average Bonchev–Trinajstić information content (AvgIpc) is 2.83. The van der Waals surface area contributed by atoms with Gasteiger partial charge in [-0.25, -0.2) is 0 Å². The Morgan fingerprint density at radius 1 is 1.19 bits per heavy atom. The predicted octanol–water partition coefficient (Wildman–Crippen LogP) is 2.11. The number of carbonyl (C=O) groups is 1. The maximum absolute atomic E-state index is 12.6. The van der Waals surface area contributed by atoms with Crippen molar-refractivity contribution < 1.29 is 9.32 Å². The summed E-state index contributed by atoms with van der Waals surface area (Å²) in [5.41, 5.74) is 0. The van der Waals surface area contributed by atoms with E-state index in [1.807, 2.05) is 0 Å². The van der Waals surface area contributed by atoms with Crippen LogP contribution in [0.25, 0.3) is 0 Å². The molecule has 1 N–H and O–H groups in total. The third-order valence-corrected chi connectivity index (χ3v) is 5.74. The number of hydrogen-bond acceptors (Lipinski definition) is 4. The van der Waals surface area contributed by atoms with Crippen LogP contribution in [0.3, 0.4) is 0 Å². The Kier molecular flexibility index (Phi) is 3.23. The maximum Gasteiger partial charge on any atom is 0.228 e. The molecule has 21 heavy (non-hydrogen) atoms. The standard InChI is InChI=1S/C16H23N3O2/c1-9-18-14(21-19-9)2-3-17-16(20)15-12-5-10-4-11(7-12)8-13(15)6-10/h10-13,15H,2-8H2,1H3,(H,17,20). The van der Waals surface area contributed by atoms with E-state index in [1.54, 1.807) is 6.92 Å². The van der Waals surface area contributed by atoms with E-state index in [2.05, 4.69) is 15.5 Å². The third-order valence-electron chi connectivity index (χ3n) is 5.74. The number of amides is 1. The van der Waals surface area contributed by atoms with Crippen LogP contribution in [0, 0.1) is 36.5 Å². The molecule has 0 unspecified atom stereocenters. The van der Waals surface area contributed by atoms with Gasteiger partial charge in [-0.05, 0) is 62.7 Å². The van der Waals surface area contributed by atoms with E-state index in [0.29, 0.717) is 36.5 Å². The zero-order valence-corrected chi connectivity index (χ0v) is 12.5. The highest BCUT2D eigenvalue weighted by Crippen LogP contribution is 2.56. The lowest BCUT2D eigenvalue weighted by atomic mass is 9.51. The predicted molar refractivity (Wildman–Crippen MR) is 76.3 cm³/mol. The van der Waals surface area contributed by atoms with Gasteiger partial charge in [-0.1, -0.05) is 5.16 Å². The van der Waals surface area contributed by atoms with E-state index in [0.717, 1.165) is 11.8 Å². The fourth-order valence-electron chi connectivity index (χ4n) is 5.21. The minimum atomic E-state index is 0.264. The zero-order valence-electron chi connectivity index (χ0n) is 12.5. The normalized spacial score (nSPS) is 36.9. The first-order chi connectivity index (χ1) is 10.2. The van der Waals surface area contributed by atoms with Crippen molar-refractivity contribution in [3.8, 4) is 0 Å². The van der Waals surface area contributed by atoms with Crippen LogP contribution in [0.15, 0.2) is 4.52 Å². The number of aromatic nitrogens is 2. The Bertz CT molecular complexity index is 511. The van der Waals surface area contributed by atoms with E-state index >= 15 is 0 Å². The Morgan fingerprint density at radius 3 is 2.43 bits per heavy atom. The summed E-state index contributed by atoms with van der Waals surface area (Å²) in [5.74, 6) is 4.91. The minimum Gasteiger partial charge on any atom is -0.355 e. The van der Waals surface area contributed by atoms with Crippen LogP contribution in [-0.2, 0) is 11.2 Å². The Balaban J connectivity index is 1.33. The van der Waals surface area contributed by atoms with Crippen molar-refractivity contribution in [2.24, 2.45) is 29.6 Å². The molecule has 4 aliphatic carbocycles. The highest BCUT2D eigenvalue weighted by atomic mass is 16.5. The highest BCUT2D eigenvalue weighted by molar-refractivity contribution is 5.79. The van der Waals surface area contributed by atoms with Crippen LogP contribution >= 0.6 is 0 Å². The topological polar surface area (TPSA) is 68.0 Å². The Hall–Kier alpha value is -1.39. The summed E-state index contributed by atoms with van der Waals surface area (Å²) in [6, 6.07) is 0.